The third-order valence-corrected chi connectivity index (χ3v) is 3.30. The van der Waals surface area contributed by atoms with Gasteiger partial charge in [-0.15, -0.1) is 0 Å². The summed E-state index contributed by atoms with van der Waals surface area (Å²) in [6.07, 6.45) is 5.64. The summed E-state index contributed by atoms with van der Waals surface area (Å²) in [5, 5.41) is 3.46. The van der Waals surface area contributed by atoms with Crippen molar-refractivity contribution in [3.63, 3.8) is 0 Å². The predicted molar refractivity (Wildman–Crippen MR) is 68.8 cm³/mol. The molecule has 0 amide bonds. The Balaban J connectivity index is 1.80. The summed E-state index contributed by atoms with van der Waals surface area (Å²) in [7, 11) is 2.11. The quantitative estimate of drug-likeness (QED) is 0.795. The van der Waals surface area contributed by atoms with Gasteiger partial charge in [-0.3, -0.25) is 0 Å². The van der Waals surface area contributed by atoms with Crippen molar-refractivity contribution in [3.05, 3.63) is 41.7 Å². The zero-order valence-corrected chi connectivity index (χ0v) is 10.8. The average Bonchev–Trinajstić information content (AvgIpc) is 2.90. The minimum Gasteiger partial charge on any atom is -0.352 e. The Morgan fingerprint density at radius 1 is 1.35 bits per heavy atom. The first-order chi connectivity index (χ1) is 8.18. The minimum atomic E-state index is 0.933. The van der Waals surface area contributed by atoms with Crippen molar-refractivity contribution in [2.75, 3.05) is 6.54 Å². The lowest BCUT2D eigenvalue weighted by atomic mass is 10.2. The van der Waals surface area contributed by atoms with E-state index < -0.39 is 0 Å². The molecule has 2 heterocycles. The third-order valence-electron chi connectivity index (χ3n) is 3.30. The summed E-state index contributed by atoms with van der Waals surface area (Å²) in [4.78, 5) is 4.02. The number of nitrogens with zero attached hydrogens (tertiary/aromatic N) is 3. The molecule has 1 N–H and O–H groups in total. The van der Waals surface area contributed by atoms with E-state index in [0.717, 1.165) is 19.6 Å². The summed E-state index contributed by atoms with van der Waals surface area (Å²) in [5.74, 6) is 0. The second kappa shape index (κ2) is 5.19. The molecular formula is C13H20N4. The van der Waals surface area contributed by atoms with Crippen molar-refractivity contribution < 1.29 is 0 Å². The van der Waals surface area contributed by atoms with Gasteiger partial charge in [0.1, 0.15) is 0 Å². The molecule has 0 aliphatic carbocycles. The van der Waals surface area contributed by atoms with Gasteiger partial charge in [0.2, 0.25) is 0 Å². The number of nitrogens with one attached hydrogen (secondary N) is 1. The van der Waals surface area contributed by atoms with E-state index in [2.05, 4.69) is 46.4 Å². The van der Waals surface area contributed by atoms with E-state index in [0.29, 0.717) is 0 Å². The molecular weight excluding hydrogens is 212 g/mol. The molecule has 0 saturated heterocycles. The number of aryl methyl sites for hydroxylation is 1. The highest BCUT2D eigenvalue weighted by molar-refractivity contribution is 5.26. The molecule has 4 heteroatoms. The minimum absolute atomic E-state index is 0.933. The maximum atomic E-state index is 4.02. The molecule has 0 aliphatic heterocycles. The first-order valence-corrected chi connectivity index (χ1v) is 5.96. The Morgan fingerprint density at radius 3 is 2.76 bits per heavy atom. The van der Waals surface area contributed by atoms with Crippen LogP contribution in [0.3, 0.4) is 0 Å². The lowest BCUT2D eigenvalue weighted by molar-refractivity contribution is 0.595. The molecule has 92 valence electrons. The molecule has 0 aromatic carbocycles. The highest BCUT2D eigenvalue weighted by Crippen LogP contribution is 2.12. The van der Waals surface area contributed by atoms with Crippen LogP contribution in [0.4, 0.5) is 0 Å². The van der Waals surface area contributed by atoms with Crippen LogP contribution in [-0.2, 0) is 20.1 Å². The number of rotatable bonds is 5. The number of aromatic nitrogens is 3. The summed E-state index contributed by atoms with van der Waals surface area (Å²) in [6, 6.07) is 2.25. The van der Waals surface area contributed by atoms with E-state index >= 15 is 0 Å². The van der Waals surface area contributed by atoms with Gasteiger partial charge in [0.25, 0.3) is 0 Å². The summed E-state index contributed by atoms with van der Waals surface area (Å²) >= 11 is 0. The van der Waals surface area contributed by atoms with Gasteiger partial charge in [0.05, 0.1) is 6.33 Å². The third kappa shape index (κ3) is 2.77. The monoisotopic (exact) mass is 232 g/mol. The largest absolute Gasteiger partial charge is 0.352 e. The van der Waals surface area contributed by atoms with Gasteiger partial charge in [0.15, 0.2) is 0 Å². The molecule has 2 rings (SSSR count). The molecule has 0 radical (unpaired) electrons. The van der Waals surface area contributed by atoms with Crippen LogP contribution >= 0.6 is 0 Å². The Kier molecular flexibility index (Phi) is 3.64. The van der Waals surface area contributed by atoms with Crippen molar-refractivity contribution in [2.45, 2.75) is 26.9 Å². The Hall–Kier alpha value is -1.55. The first kappa shape index (κ1) is 11.9. The topological polar surface area (TPSA) is 34.8 Å². The van der Waals surface area contributed by atoms with Crippen molar-refractivity contribution in [2.24, 2.45) is 7.05 Å². The summed E-state index contributed by atoms with van der Waals surface area (Å²) in [5.41, 5.74) is 4.04. The standard InChI is InChI=1S/C13H20N4/c1-11-8-13(12(2)16(11)3)9-14-4-6-17-7-5-15-10-17/h5,7-8,10,14H,4,6,9H2,1-3H3. The average molecular weight is 232 g/mol. The van der Waals surface area contributed by atoms with E-state index in [9.17, 15) is 0 Å². The fraction of sp³-hybridized carbons (Fsp3) is 0.462. The van der Waals surface area contributed by atoms with Gasteiger partial charge < -0.3 is 14.5 Å². The second-order valence-corrected chi connectivity index (χ2v) is 4.43. The van der Waals surface area contributed by atoms with E-state index in [1.165, 1.54) is 17.0 Å². The van der Waals surface area contributed by atoms with Crippen molar-refractivity contribution >= 4 is 0 Å². The first-order valence-electron chi connectivity index (χ1n) is 5.96. The zero-order chi connectivity index (χ0) is 12.3. The van der Waals surface area contributed by atoms with Crippen LogP contribution in [0.25, 0.3) is 0 Å². The van der Waals surface area contributed by atoms with Gasteiger partial charge in [-0.25, -0.2) is 4.98 Å². The predicted octanol–water partition coefficient (Wildman–Crippen LogP) is 1.63. The molecule has 4 nitrogen and oxygen atoms in total. The SMILES string of the molecule is Cc1cc(CNCCn2ccnc2)c(C)n1C. The van der Waals surface area contributed by atoms with Crippen molar-refractivity contribution in [1.82, 2.24) is 19.4 Å². The Labute approximate surface area is 102 Å². The van der Waals surface area contributed by atoms with E-state index in [-0.39, 0.29) is 0 Å². The molecule has 0 fully saturated rings. The molecule has 2 aromatic rings. The van der Waals surface area contributed by atoms with Crippen molar-refractivity contribution in [1.29, 1.82) is 0 Å². The van der Waals surface area contributed by atoms with Crippen LogP contribution in [0.15, 0.2) is 24.8 Å². The van der Waals surface area contributed by atoms with Crippen LogP contribution in [0, 0.1) is 13.8 Å². The van der Waals surface area contributed by atoms with Gasteiger partial charge in [-0.1, -0.05) is 0 Å². The molecule has 0 unspecified atom stereocenters. The maximum absolute atomic E-state index is 4.02. The highest BCUT2D eigenvalue weighted by Gasteiger charge is 2.04. The van der Waals surface area contributed by atoms with Gasteiger partial charge in [-0.05, 0) is 25.5 Å². The molecule has 0 atom stereocenters. The van der Waals surface area contributed by atoms with E-state index in [4.69, 9.17) is 0 Å². The molecule has 0 spiro atoms. The van der Waals surface area contributed by atoms with E-state index in [1.807, 2.05) is 18.7 Å². The summed E-state index contributed by atoms with van der Waals surface area (Å²) < 4.78 is 4.31. The fourth-order valence-corrected chi connectivity index (χ4v) is 1.96. The smallest absolute Gasteiger partial charge is 0.0946 e. The van der Waals surface area contributed by atoms with Crippen LogP contribution in [0.1, 0.15) is 17.0 Å². The fourth-order valence-electron chi connectivity index (χ4n) is 1.96. The molecule has 0 aliphatic rings. The molecule has 17 heavy (non-hydrogen) atoms. The van der Waals surface area contributed by atoms with Gasteiger partial charge in [-0.2, -0.15) is 0 Å². The molecule has 0 saturated carbocycles. The Bertz CT molecular complexity index is 468. The van der Waals surface area contributed by atoms with Crippen LogP contribution < -0.4 is 5.32 Å². The molecule has 0 bridgehead atoms. The number of hydrogen-bond acceptors (Lipinski definition) is 2. The van der Waals surface area contributed by atoms with Crippen LogP contribution in [-0.4, -0.2) is 20.7 Å². The highest BCUT2D eigenvalue weighted by atomic mass is 15.0. The Morgan fingerprint density at radius 2 is 2.18 bits per heavy atom. The molecule has 2 aromatic heterocycles. The van der Waals surface area contributed by atoms with Crippen LogP contribution in [0.2, 0.25) is 0 Å². The van der Waals surface area contributed by atoms with Crippen LogP contribution in [0.5, 0.6) is 0 Å². The number of imidazole rings is 1. The lowest BCUT2D eigenvalue weighted by Gasteiger charge is -2.06. The van der Waals surface area contributed by atoms with Gasteiger partial charge >= 0.3 is 0 Å². The summed E-state index contributed by atoms with van der Waals surface area (Å²) in [6.45, 7) is 7.17. The lowest BCUT2D eigenvalue weighted by Crippen LogP contribution is -2.19. The van der Waals surface area contributed by atoms with Gasteiger partial charge in [0, 0.05) is 50.5 Å². The van der Waals surface area contributed by atoms with E-state index in [1.54, 1.807) is 0 Å². The van der Waals surface area contributed by atoms with Crippen molar-refractivity contribution in [3.8, 4) is 0 Å². The normalized spacial score (nSPS) is 11.0. The second-order valence-electron chi connectivity index (χ2n) is 4.43. The zero-order valence-electron chi connectivity index (χ0n) is 10.8. The number of hydrogen-bond donors (Lipinski definition) is 1. The maximum Gasteiger partial charge on any atom is 0.0946 e.